The fourth-order valence-electron chi connectivity index (χ4n) is 2.15. The van der Waals surface area contributed by atoms with Crippen LogP contribution in [-0.2, 0) is 6.18 Å². The lowest BCUT2D eigenvalue weighted by Gasteiger charge is -2.36. The first-order valence-corrected chi connectivity index (χ1v) is 6.03. The standard InChI is InChI=1S/C12H16F3N3/c1-2-10-8-16-5-6-18(10)11-4-3-9(7-17-11)12(13,14)15/h3-4,7,10,16H,2,5-6,8H2,1H3. The van der Waals surface area contributed by atoms with Gasteiger partial charge in [0.05, 0.1) is 5.56 Å². The van der Waals surface area contributed by atoms with Gasteiger partial charge in [0.15, 0.2) is 0 Å². The average molecular weight is 259 g/mol. The van der Waals surface area contributed by atoms with Gasteiger partial charge in [0.2, 0.25) is 0 Å². The van der Waals surface area contributed by atoms with Gasteiger partial charge in [-0.05, 0) is 18.6 Å². The SMILES string of the molecule is CCC1CNCCN1c1ccc(C(F)(F)F)cn1. The van der Waals surface area contributed by atoms with Crippen LogP contribution < -0.4 is 10.2 Å². The van der Waals surface area contributed by atoms with Crippen LogP contribution in [0.3, 0.4) is 0 Å². The largest absolute Gasteiger partial charge is 0.417 e. The number of pyridine rings is 1. The van der Waals surface area contributed by atoms with Gasteiger partial charge in [-0.2, -0.15) is 13.2 Å². The van der Waals surface area contributed by atoms with Gasteiger partial charge in [-0.25, -0.2) is 4.98 Å². The van der Waals surface area contributed by atoms with Crippen molar-refractivity contribution in [3.8, 4) is 0 Å². The number of hydrogen-bond donors (Lipinski definition) is 1. The molecule has 0 aromatic carbocycles. The lowest BCUT2D eigenvalue weighted by Crippen LogP contribution is -2.51. The van der Waals surface area contributed by atoms with E-state index in [0.29, 0.717) is 11.9 Å². The van der Waals surface area contributed by atoms with E-state index in [4.69, 9.17) is 0 Å². The maximum absolute atomic E-state index is 12.4. The van der Waals surface area contributed by atoms with Crippen molar-refractivity contribution in [2.24, 2.45) is 0 Å². The van der Waals surface area contributed by atoms with Crippen molar-refractivity contribution < 1.29 is 13.2 Å². The summed E-state index contributed by atoms with van der Waals surface area (Å²) in [5, 5.41) is 3.27. The third kappa shape index (κ3) is 2.75. The first kappa shape index (κ1) is 13.1. The maximum atomic E-state index is 12.4. The molecule has 1 aromatic heterocycles. The minimum Gasteiger partial charge on any atom is -0.351 e. The molecule has 1 aliphatic heterocycles. The monoisotopic (exact) mass is 259 g/mol. The number of alkyl halides is 3. The van der Waals surface area contributed by atoms with E-state index in [-0.39, 0.29) is 0 Å². The fourth-order valence-corrected chi connectivity index (χ4v) is 2.15. The minimum absolute atomic E-state index is 0.294. The van der Waals surface area contributed by atoms with E-state index in [9.17, 15) is 13.2 Å². The Kier molecular flexibility index (Phi) is 3.75. The van der Waals surface area contributed by atoms with Crippen molar-refractivity contribution in [1.82, 2.24) is 10.3 Å². The minimum atomic E-state index is -4.32. The zero-order valence-corrected chi connectivity index (χ0v) is 10.2. The van der Waals surface area contributed by atoms with Gasteiger partial charge in [0.25, 0.3) is 0 Å². The Bertz CT molecular complexity index is 389. The number of anilines is 1. The Hall–Kier alpha value is -1.30. The van der Waals surface area contributed by atoms with Crippen molar-refractivity contribution in [3.05, 3.63) is 23.9 Å². The van der Waals surface area contributed by atoms with E-state index >= 15 is 0 Å². The fraction of sp³-hybridized carbons (Fsp3) is 0.583. The van der Waals surface area contributed by atoms with E-state index in [1.54, 1.807) is 0 Å². The molecule has 0 amide bonds. The molecule has 3 nitrogen and oxygen atoms in total. The summed E-state index contributed by atoms with van der Waals surface area (Å²) in [6, 6.07) is 2.84. The highest BCUT2D eigenvalue weighted by molar-refractivity contribution is 5.41. The van der Waals surface area contributed by atoms with Crippen LogP contribution in [0.1, 0.15) is 18.9 Å². The molecule has 0 bridgehead atoms. The molecule has 1 fully saturated rings. The van der Waals surface area contributed by atoms with Gasteiger partial charge in [0.1, 0.15) is 5.82 Å². The predicted octanol–water partition coefficient (Wildman–Crippen LogP) is 2.29. The number of halogens is 3. The second-order valence-electron chi connectivity index (χ2n) is 4.36. The molecule has 1 N–H and O–H groups in total. The number of hydrogen-bond acceptors (Lipinski definition) is 3. The molecule has 6 heteroatoms. The number of rotatable bonds is 2. The highest BCUT2D eigenvalue weighted by Crippen LogP contribution is 2.29. The number of piperazine rings is 1. The van der Waals surface area contributed by atoms with Gasteiger partial charge in [0, 0.05) is 31.9 Å². The summed E-state index contributed by atoms with van der Waals surface area (Å²) in [6.07, 6.45) is -2.47. The molecule has 2 rings (SSSR count). The summed E-state index contributed by atoms with van der Waals surface area (Å²) in [6.45, 7) is 4.52. The molecular weight excluding hydrogens is 243 g/mol. The zero-order chi connectivity index (χ0) is 13.2. The van der Waals surface area contributed by atoms with Gasteiger partial charge in [-0.1, -0.05) is 6.92 Å². The molecule has 18 heavy (non-hydrogen) atoms. The zero-order valence-electron chi connectivity index (χ0n) is 10.2. The normalized spacial score (nSPS) is 21.1. The average Bonchev–Trinajstić information content (AvgIpc) is 2.38. The van der Waals surface area contributed by atoms with Crippen molar-refractivity contribution in [1.29, 1.82) is 0 Å². The molecule has 1 aliphatic rings. The maximum Gasteiger partial charge on any atom is 0.417 e. The Morgan fingerprint density at radius 2 is 2.22 bits per heavy atom. The molecule has 1 unspecified atom stereocenters. The van der Waals surface area contributed by atoms with Gasteiger partial charge < -0.3 is 10.2 Å². The van der Waals surface area contributed by atoms with Crippen molar-refractivity contribution in [3.63, 3.8) is 0 Å². The van der Waals surface area contributed by atoms with E-state index in [1.807, 2.05) is 0 Å². The van der Waals surface area contributed by atoms with Crippen LogP contribution in [0.15, 0.2) is 18.3 Å². The second-order valence-corrected chi connectivity index (χ2v) is 4.36. The van der Waals surface area contributed by atoms with Crippen LogP contribution in [0.4, 0.5) is 19.0 Å². The summed E-state index contributed by atoms with van der Waals surface area (Å²) < 4.78 is 37.3. The highest BCUT2D eigenvalue weighted by Gasteiger charge is 2.31. The summed E-state index contributed by atoms with van der Waals surface area (Å²) in [5.41, 5.74) is -0.700. The van der Waals surface area contributed by atoms with Crippen molar-refractivity contribution >= 4 is 5.82 Å². The van der Waals surface area contributed by atoms with E-state index in [1.165, 1.54) is 6.07 Å². The first-order chi connectivity index (χ1) is 8.52. The van der Waals surface area contributed by atoms with E-state index in [0.717, 1.165) is 38.3 Å². The molecule has 0 saturated carbocycles. The molecule has 1 atom stereocenters. The van der Waals surface area contributed by atoms with Gasteiger partial charge >= 0.3 is 6.18 Å². The van der Waals surface area contributed by atoms with Gasteiger partial charge in [-0.3, -0.25) is 0 Å². The summed E-state index contributed by atoms with van der Waals surface area (Å²) in [5.74, 6) is 0.622. The molecular formula is C12H16F3N3. The Balaban J connectivity index is 2.18. The van der Waals surface area contributed by atoms with E-state index in [2.05, 4.69) is 22.1 Å². The molecule has 1 aromatic rings. The van der Waals surface area contributed by atoms with Crippen LogP contribution in [0.25, 0.3) is 0 Å². The first-order valence-electron chi connectivity index (χ1n) is 6.03. The van der Waals surface area contributed by atoms with Crippen LogP contribution >= 0.6 is 0 Å². The molecule has 2 heterocycles. The predicted molar refractivity (Wildman–Crippen MR) is 63.5 cm³/mol. The Morgan fingerprint density at radius 1 is 1.44 bits per heavy atom. The topological polar surface area (TPSA) is 28.2 Å². The smallest absolute Gasteiger partial charge is 0.351 e. The number of nitrogens with one attached hydrogen (secondary N) is 1. The number of nitrogens with zero attached hydrogens (tertiary/aromatic N) is 2. The lowest BCUT2D eigenvalue weighted by atomic mass is 10.1. The molecule has 100 valence electrons. The van der Waals surface area contributed by atoms with Crippen molar-refractivity contribution in [2.45, 2.75) is 25.6 Å². The summed E-state index contributed by atoms with van der Waals surface area (Å²) in [4.78, 5) is 6.01. The number of aromatic nitrogens is 1. The van der Waals surface area contributed by atoms with Crippen LogP contribution in [0.2, 0.25) is 0 Å². The third-order valence-corrected chi connectivity index (χ3v) is 3.19. The summed E-state index contributed by atoms with van der Waals surface area (Å²) >= 11 is 0. The molecule has 0 radical (unpaired) electrons. The third-order valence-electron chi connectivity index (χ3n) is 3.19. The molecule has 0 spiro atoms. The van der Waals surface area contributed by atoms with E-state index < -0.39 is 11.7 Å². The van der Waals surface area contributed by atoms with Crippen LogP contribution in [0, 0.1) is 0 Å². The second kappa shape index (κ2) is 5.14. The van der Waals surface area contributed by atoms with Crippen LogP contribution in [0.5, 0.6) is 0 Å². The molecule has 0 aliphatic carbocycles. The summed E-state index contributed by atoms with van der Waals surface area (Å²) in [7, 11) is 0. The van der Waals surface area contributed by atoms with Crippen LogP contribution in [-0.4, -0.2) is 30.7 Å². The lowest BCUT2D eigenvalue weighted by molar-refractivity contribution is -0.137. The highest BCUT2D eigenvalue weighted by atomic mass is 19.4. The Morgan fingerprint density at radius 3 is 2.78 bits per heavy atom. The quantitative estimate of drug-likeness (QED) is 0.883. The molecule has 1 saturated heterocycles. The Labute approximate surface area is 104 Å². The van der Waals surface area contributed by atoms with Crippen molar-refractivity contribution in [2.75, 3.05) is 24.5 Å². The van der Waals surface area contributed by atoms with Gasteiger partial charge in [-0.15, -0.1) is 0 Å².